The largest absolute Gasteiger partial charge is 0.389 e. The molecule has 12 heteroatoms. The molecule has 3 aromatic rings. The quantitative estimate of drug-likeness (QED) is 0.425. The molecule has 2 aliphatic heterocycles. The van der Waals surface area contributed by atoms with Gasteiger partial charge in [0, 0.05) is 68.1 Å². The first-order valence-corrected chi connectivity index (χ1v) is 15.4. The van der Waals surface area contributed by atoms with Crippen LogP contribution in [0.15, 0.2) is 30.7 Å². The first-order valence-electron chi connectivity index (χ1n) is 13.3. The molecule has 0 radical (unpaired) electrons. The SMILES string of the molecule is CO[C@@H]1CCN(c2nccc(Nc3cc4c(C(C)C)ncc(N5C[C@H](CS(C)(=O)=O)[C@H]5C)c4cn3)n2)C[C@H]1O. The number of ether oxygens (including phenoxy) is 1. The molecule has 0 bridgehead atoms. The summed E-state index contributed by atoms with van der Waals surface area (Å²) in [6.45, 7) is 8.06. The topological polar surface area (TPSA) is 134 Å². The van der Waals surface area contributed by atoms with Gasteiger partial charge in [-0.1, -0.05) is 13.8 Å². The molecule has 2 N–H and O–H groups in total. The number of β-amino-alcohol motifs (C(OH)–C–C–N with tert-alkyl or cyclic N) is 1. The van der Waals surface area contributed by atoms with Crippen LogP contribution >= 0.6 is 0 Å². The number of rotatable bonds is 8. The molecule has 2 saturated heterocycles. The minimum Gasteiger partial charge on any atom is -0.389 e. The second-order valence-electron chi connectivity index (χ2n) is 11.0. The molecule has 39 heavy (non-hydrogen) atoms. The Morgan fingerprint density at radius 2 is 1.95 bits per heavy atom. The minimum atomic E-state index is -3.03. The lowest BCUT2D eigenvalue weighted by Gasteiger charge is -2.48. The molecule has 210 valence electrons. The standard InChI is InChI=1S/C27H37N7O4S/c1-16(2)26-19-10-25(31-24-6-8-28-27(32-24)33-9-7-23(38-4)22(35)14-33)29-11-20(19)21(12-30-26)34-13-18(17(34)3)15-39(5,36)37/h6,8,10-12,16-18,22-23,35H,7,9,13-15H2,1-5H3,(H,28,29,31,32)/t17-,18-,22-,23-/m1/s1. The van der Waals surface area contributed by atoms with Gasteiger partial charge in [0.25, 0.3) is 0 Å². The lowest BCUT2D eigenvalue weighted by atomic mass is 9.90. The molecule has 2 aliphatic rings. The smallest absolute Gasteiger partial charge is 0.227 e. The fourth-order valence-electron chi connectivity index (χ4n) is 5.55. The number of methoxy groups -OCH3 is 1. The van der Waals surface area contributed by atoms with Crippen LogP contribution in [0.4, 0.5) is 23.3 Å². The first-order chi connectivity index (χ1) is 18.5. The number of anilines is 4. The van der Waals surface area contributed by atoms with Crippen LogP contribution in [0, 0.1) is 5.92 Å². The van der Waals surface area contributed by atoms with Crippen molar-refractivity contribution in [2.45, 2.75) is 51.4 Å². The zero-order valence-corrected chi connectivity index (χ0v) is 23.9. The fraction of sp³-hybridized carbons (Fsp3) is 0.556. The lowest BCUT2D eigenvalue weighted by Crippen LogP contribution is -2.57. The minimum absolute atomic E-state index is 0.0966. The Balaban J connectivity index is 1.40. The second-order valence-corrected chi connectivity index (χ2v) is 13.2. The number of nitrogens with one attached hydrogen (secondary N) is 1. The van der Waals surface area contributed by atoms with Crippen molar-refractivity contribution < 1.29 is 18.3 Å². The molecular weight excluding hydrogens is 518 g/mol. The third kappa shape index (κ3) is 5.78. The summed E-state index contributed by atoms with van der Waals surface area (Å²) >= 11 is 0. The molecule has 2 fully saturated rings. The zero-order chi connectivity index (χ0) is 27.9. The van der Waals surface area contributed by atoms with E-state index in [2.05, 4.69) is 41.0 Å². The van der Waals surface area contributed by atoms with Gasteiger partial charge in [0.05, 0.1) is 35.5 Å². The molecular formula is C27H37N7O4S. The van der Waals surface area contributed by atoms with Crippen LogP contribution in [0.3, 0.4) is 0 Å². The lowest BCUT2D eigenvalue weighted by molar-refractivity contribution is -0.0219. The van der Waals surface area contributed by atoms with Gasteiger partial charge in [-0.2, -0.15) is 4.98 Å². The van der Waals surface area contributed by atoms with E-state index < -0.39 is 15.9 Å². The van der Waals surface area contributed by atoms with Crippen molar-refractivity contribution in [3.8, 4) is 0 Å². The molecule has 4 atom stereocenters. The number of sulfone groups is 1. The summed E-state index contributed by atoms with van der Waals surface area (Å²) in [5.41, 5.74) is 1.94. The molecule has 5 rings (SSSR count). The normalized spacial score (nSPS) is 23.8. The molecule has 0 amide bonds. The van der Waals surface area contributed by atoms with Crippen LogP contribution in [0.5, 0.6) is 0 Å². The summed E-state index contributed by atoms with van der Waals surface area (Å²) in [7, 11) is -1.41. The molecule has 0 saturated carbocycles. The van der Waals surface area contributed by atoms with Crippen molar-refractivity contribution in [2.75, 3.05) is 53.9 Å². The first kappa shape index (κ1) is 27.5. The van der Waals surface area contributed by atoms with Gasteiger partial charge < -0.3 is 25.0 Å². The Kier molecular flexibility index (Phi) is 7.62. The van der Waals surface area contributed by atoms with Crippen LogP contribution in [-0.4, -0.2) is 90.5 Å². The van der Waals surface area contributed by atoms with E-state index in [1.165, 1.54) is 6.26 Å². The number of aliphatic hydroxyl groups is 1. The number of fused-ring (bicyclic) bond motifs is 1. The van der Waals surface area contributed by atoms with Crippen LogP contribution < -0.4 is 15.1 Å². The number of pyridine rings is 2. The molecule has 5 heterocycles. The molecule has 0 aliphatic carbocycles. The van der Waals surface area contributed by atoms with Crippen molar-refractivity contribution >= 4 is 43.9 Å². The van der Waals surface area contributed by atoms with E-state index in [9.17, 15) is 13.5 Å². The highest BCUT2D eigenvalue weighted by atomic mass is 32.2. The van der Waals surface area contributed by atoms with Gasteiger partial charge in [-0.15, -0.1) is 0 Å². The molecule has 3 aromatic heterocycles. The van der Waals surface area contributed by atoms with E-state index in [0.717, 1.165) is 22.2 Å². The maximum absolute atomic E-state index is 11.8. The number of piperidine rings is 1. The Morgan fingerprint density at radius 1 is 1.15 bits per heavy atom. The van der Waals surface area contributed by atoms with E-state index in [0.29, 0.717) is 43.6 Å². The van der Waals surface area contributed by atoms with Crippen molar-refractivity contribution in [2.24, 2.45) is 5.92 Å². The summed E-state index contributed by atoms with van der Waals surface area (Å²) in [6.07, 6.45) is 6.65. The highest BCUT2D eigenvalue weighted by Crippen LogP contribution is 2.38. The predicted octanol–water partition coefficient (Wildman–Crippen LogP) is 2.74. The average molecular weight is 556 g/mol. The number of hydrogen-bond donors (Lipinski definition) is 2. The highest BCUT2D eigenvalue weighted by Gasteiger charge is 2.38. The number of aliphatic hydroxyl groups excluding tert-OH is 1. The number of nitrogens with zero attached hydrogens (tertiary/aromatic N) is 6. The maximum Gasteiger partial charge on any atom is 0.227 e. The molecule has 11 nitrogen and oxygen atoms in total. The Hall–Kier alpha value is -3.09. The van der Waals surface area contributed by atoms with Gasteiger partial charge in [0.15, 0.2) is 0 Å². The van der Waals surface area contributed by atoms with Gasteiger partial charge >= 0.3 is 0 Å². The number of aromatic nitrogens is 4. The third-order valence-corrected chi connectivity index (χ3v) is 8.80. The maximum atomic E-state index is 11.8. The Morgan fingerprint density at radius 3 is 2.62 bits per heavy atom. The monoisotopic (exact) mass is 555 g/mol. The van der Waals surface area contributed by atoms with Crippen LogP contribution in [-0.2, 0) is 14.6 Å². The zero-order valence-electron chi connectivity index (χ0n) is 23.1. The van der Waals surface area contributed by atoms with Crippen molar-refractivity contribution in [3.05, 3.63) is 36.4 Å². The summed E-state index contributed by atoms with van der Waals surface area (Å²) < 4.78 is 29.0. The molecule has 0 spiro atoms. The van der Waals surface area contributed by atoms with Crippen LogP contribution in [0.2, 0.25) is 0 Å². The second kappa shape index (κ2) is 10.8. The summed E-state index contributed by atoms with van der Waals surface area (Å²) in [5, 5.41) is 15.6. The van der Waals surface area contributed by atoms with Gasteiger partial charge in [-0.05, 0) is 31.4 Å². The van der Waals surface area contributed by atoms with Crippen LogP contribution in [0.1, 0.15) is 38.8 Å². The van der Waals surface area contributed by atoms with Gasteiger partial charge in [0.1, 0.15) is 21.5 Å². The highest BCUT2D eigenvalue weighted by molar-refractivity contribution is 7.90. The summed E-state index contributed by atoms with van der Waals surface area (Å²) in [5.74, 6) is 2.27. The van der Waals surface area contributed by atoms with E-state index in [1.54, 1.807) is 19.4 Å². The van der Waals surface area contributed by atoms with E-state index in [1.807, 2.05) is 23.4 Å². The van der Waals surface area contributed by atoms with Gasteiger partial charge in [-0.25, -0.2) is 18.4 Å². The van der Waals surface area contributed by atoms with E-state index >= 15 is 0 Å². The predicted molar refractivity (Wildman–Crippen MR) is 153 cm³/mol. The van der Waals surface area contributed by atoms with Crippen molar-refractivity contribution in [3.63, 3.8) is 0 Å². The third-order valence-electron chi connectivity index (χ3n) is 7.76. The van der Waals surface area contributed by atoms with Crippen molar-refractivity contribution in [1.29, 1.82) is 0 Å². The van der Waals surface area contributed by atoms with Gasteiger partial charge in [0.2, 0.25) is 5.95 Å². The average Bonchev–Trinajstić information content (AvgIpc) is 2.89. The van der Waals surface area contributed by atoms with E-state index in [-0.39, 0.29) is 29.7 Å². The fourth-order valence-corrected chi connectivity index (χ4v) is 6.71. The summed E-state index contributed by atoms with van der Waals surface area (Å²) in [4.78, 5) is 22.7. The summed E-state index contributed by atoms with van der Waals surface area (Å²) in [6, 6.07) is 3.88. The van der Waals surface area contributed by atoms with Crippen molar-refractivity contribution in [1.82, 2.24) is 19.9 Å². The van der Waals surface area contributed by atoms with Gasteiger partial charge in [-0.3, -0.25) is 4.98 Å². The molecule has 0 aromatic carbocycles. The van der Waals surface area contributed by atoms with E-state index in [4.69, 9.17) is 14.7 Å². The Labute approximate surface area is 229 Å². The molecule has 0 unspecified atom stereocenters. The number of hydrogen-bond acceptors (Lipinski definition) is 11. The Bertz CT molecular complexity index is 1450. The van der Waals surface area contributed by atoms with Crippen LogP contribution in [0.25, 0.3) is 10.8 Å².